The number of carbonyl (C=O) groups is 4. The molecule has 0 spiro atoms. The first-order chi connectivity index (χ1) is 34.2. The number of aliphatic hydroxyl groups is 4. The molecule has 0 unspecified atom stereocenters. The van der Waals surface area contributed by atoms with Gasteiger partial charge in [-0.3, -0.25) is 9.59 Å². The molecule has 0 aliphatic carbocycles. The van der Waals surface area contributed by atoms with Crippen LogP contribution in [0.4, 0.5) is 20.7 Å². The molecule has 0 saturated heterocycles. The Balaban J connectivity index is 0. The van der Waals surface area contributed by atoms with Crippen molar-refractivity contribution in [3.8, 4) is 22.5 Å². The number of hydrogen-bond acceptors (Lipinski definition) is 16. The molecule has 2 aromatic heterocycles. The van der Waals surface area contributed by atoms with E-state index >= 15 is 0 Å². The van der Waals surface area contributed by atoms with Gasteiger partial charge in [0, 0.05) is 61.3 Å². The van der Waals surface area contributed by atoms with Crippen LogP contribution in [0.2, 0.25) is 0 Å². The van der Waals surface area contributed by atoms with E-state index in [-0.39, 0.29) is 77.2 Å². The Morgan fingerprint density at radius 3 is 1.11 bits per heavy atom. The Labute approximate surface area is 465 Å². The molecule has 0 saturated carbocycles. The molecule has 4 atom stereocenters. The third-order valence-electron chi connectivity index (χ3n) is 10.0. The average Bonchev–Trinajstić information content (AvgIpc) is 3.28. The van der Waals surface area contributed by atoms with E-state index < -0.39 is 92.8 Å². The van der Waals surface area contributed by atoms with Gasteiger partial charge in [-0.05, 0) is 60.4 Å². The molecule has 0 aliphatic heterocycles. The fourth-order valence-electron chi connectivity index (χ4n) is 6.23. The van der Waals surface area contributed by atoms with Gasteiger partial charge in [0.05, 0.1) is 72.5 Å². The van der Waals surface area contributed by atoms with Crippen molar-refractivity contribution in [3.63, 3.8) is 0 Å². The number of carboxylic acid groups (broad SMARTS) is 4. The fourth-order valence-corrected chi connectivity index (χ4v) is 6.99. The Morgan fingerprint density at radius 2 is 0.867 bits per heavy atom. The summed E-state index contributed by atoms with van der Waals surface area (Å²) < 4.78 is 77.2. The van der Waals surface area contributed by atoms with Crippen molar-refractivity contribution in [1.29, 1.82) is 0 Å². The molecule has 0 bridgehead atoms. The first kappa shape index (κ1) is 67.2. The number of hydrogen-bond donors (Lipinski definition) is 8. The molecule has 75 heavy (non-hydrogen) atoms. The summed E-state index contributed by atoms with van der Waals surface area (Å²) in [7, 11) is -4.65. The molecule has 22 nitrogen and oxygen atoms in total. The number of aliphatic carboxylic acids is 4. The van der Waals surface area contributed by atoms with Crippen LogP contribution in [0.25, 0.3) is 34.7 Å². The Hall–Kier alpha value is -5.84. The predicted octanol–water partition coefficient (Wildman–Crippen LogP) is 4.36. The Kier molecular flexibility index (Phi) is 27.4. The number of carboxylic acids is 4. The van der Waals surface area contributed by atoms with Gasteiger partial charge in [-0.15, -0.1) is 0 Å². The minimum atomic E-state index is -3.65. The Bertz CT molecular complexity index is 2730. The zero-order valence-corrected chi connectivity index (χ0v) is 46.0. The zero-order chi connectivity index (χ0) is 56.4. The van der Waals surface area contributed by atoms with Crippen LogP contribution in [-0.2, 0) is 39.2 Å². The molecule has 0 aliphatic rings. The van der Waals surface area contributed by atoms with Gasteiger partial charge in [0.2, 0.25) is 31.9 Å². The largest absolute Gasteiger partial charge is 2.00 e. The molecule has 0 radical (unpaired) electrons. The number of rotatable bonds is 22. The van der Waals surface area contributed by atoms with Crippen LogP contribution in [0.1, 0.15) is 90.6 Å². The normalized spacial score (nSPS) is 13.3. The topological polar surface area (TPSA) is 356 Å². The summed E-state index contributed by atoms with van der Waals surface area (Å²) in [6.45, 7) is 7.41. The summed E-state index contributed by atoms with van der Waals surface area (Å²) in [5.74, 6) is -6.25. The van der Waals surface area contributed by atoms with Crippen LogP contribution in [0.15, 0.2) is 72.8 Å². The third kappa shape index (κ3) is 23.3. The summed E-state index contributed by atoms with van der Waals surface area (Å²) in [6.07, 6.45) is 2.84. The molecule has 8 N–H and O–H groups in total. The van der Waals surface area contributed by atoms with E-state index in [0.29, 0.717) is 57.2 Å². The van der Waals surface area contributed by atoms with Gasteiger partial charge in [0.25, 0.3) is 0 Å². The van der Waals surface area contributed by atoms with Crippen molar-refractivity contribution in [2.75, 3.05) is 35.2 Å². The van der Waals surface area contributed by atoms with Crippen molar-refractivity contribution >= 4 is 106 Å². The van der Waals surface area contributed by atoms with Crippen molar-refractivity contribution in [2.24, 2.45) is 0 Å². The average molecular weight is 1120 g/mol. The number of nitrogens with zero attached hydrogens (tertiary/aromatic N) is 6. The monoisotopic (exact) mass is 1120 g/mol. The van der Waals surface area contributed by atoms with Gasteiger partial charge in [-0.25, -0.2) is 63.8 Å². The minimum absolute atomic E-state index is 0. The Morgan fingerprint density at radius 1 is 0.573 bits per heavy atom. The molecular formula is C48H62CaF2N6O16S2. The van der Waals surface area contributed by atoms with E-state index in [0.717, 1.165) is 21.1 Å². The van der Waals surface area contributed by atoms with Gasteiger partial charge in [0.15, 0.2) is 0 Å². The molecule has 0 amide bonds. The second-order valence-electron chi connectivity index (χ2n) is 17.0. The van der Waals surface area contributed by atoms with Gasteiger partial charge < -0.3 is 43.7 Å². The summed E-state index contributed by atoms with van der Waals surface area (Å²) in [6, 6.07) is 11.0. The second kappa shape index (κ2) is 30.6. The maximum atomic E-state index is 13.5. The van der Waals surface area contributed by atoms with Crippen LogP contribution >= 0.6 is 0 Å². The standard InChI is InChI=1S/2C22H28FN3O6S.C4H4O4.Ca.2H/c2*1-13(2)20-18(10-9-16(27)11-17(28)12-19(29)30)21(14-5-7-15(23)8-6-14)25-22(24-20)26(3)33(4,31)32;5-3(6)1-2-4(7)8;;;/h2*5-10,13,16-17,27-28H,11-12H2,1-4H3,(H,29,30);1-2H,(H,5,6)(H,7,8);;;/q;;;+2;2*-1/t2*16-,17-;;;;/m11..../s1. The number of aliphatic hydroxyl groups excluding tert-OH is 4. The maximum Gasteiger partial charge on any atom is 2.00 e. The summed E-state index contributed by atoms with van der Waals surface area (Å²) in [4.78, 5) is 58.2. The molecule has 4 aromatic rings. The number of halogens is 2. The quantitative estimate of drug-likeness (QED) is 0.0400. The van der Waals surface area contributed by atoms with Crippen molar-refractivity contribution in [3.05, 3.63) is 107 Å². The molecule has 4 rings (SSSR count). The summed E-state index contributed by atoms with van der Waals surface area (Å²) in [5, 5.41) is 73.2. The molecule has 408 valence electrons. The van der Waals surface area contributed by atoms with Gasteiger partial charge in [-0.2, -0.15) is 0 Å². The summed E-state index contributed by atoms with van der Waals surface area (Å²) >= 11 is 0. The molecule has 2 heterocycles. The molecule has 2 aromatic carbocycles. The minimum Gasteiger partial charge on any atom is -1.00 e. The van der Waals surface area contributed by atoms with Crippen LogP contribution < -0.4 is 8.61 Å². The van der Waals surface area contributed by atoms with E-state index in [2.05, 4.69) is 19.9 Å². The first-order valence-electron chi connectivity index (χ1n) is 22.1. The van der Waals surface area contributed by atoms with Gasteiger partial charge >= 0.3 is 61.6 Å². The predicted molar refractivity (Wildman–Crippen MR) is 278 cm³/mol. The zero-order valence-electron chi connectivity index (χ0n) is 44.2. The third-order valence-corrected chi connectivity index (χ3v) is 12.3. The number of benzene rings is 2. The molecule has 27 heteroatoms. The second-order valence-corrected chi connectivity index (χ2v) is 21.0. The van der Waals surface area contributed by atoms with Crippen molar-refractivity contribution < 1.29 is 88.5 Å². The summed E-state index contributed by atoms with van der Waals surface area (Å²) in [5.41, 5.74) is 3.60. The smallest absolute Gasteiger partial charge is 1.00 e. The fraction of sp³-hybridized carbons (Fsp3) is 0.375. The van der Waals surface area contributed by atoms with Crippen LogP contribution in [0, 0.1) is 11.6 Å². The number of anilines is 2. The van der Waals surface area contributed by atoms with Crippen LogP contribution in [0.5, 0.6) is 0 Å². The number of aromatic nitrogens is 4. The van der Waals surface area contributed by atoms with Crippen LogP contribution in [-0.4, -0.2) is 190 Å². The van der Waals surface area contributed by atoms with E-state index in [9.17, 15) is 65.2 Å². The molecular weight excluding hydrogens is 1060 g/mol. The SMILES string of the molecule is CC(C)c1nc(N(C)S(C)(=O)=O)nc(-c2ccc(F)cc2)c1C=C[C@@H](O)C[C@@H](O)CC(=O)O.CC(C)c1nc(N(C)S(C)(=O)=O)nc(-c2ccc(F)cc2)c1C=C[C@@H](O)C[C@@H](O)CC(=O)O.O=C(O)C=CC(=O)O.[Ca+2].[H-].[H-]. The van der Waals surface area contributed by atoms with E-state index in [1.807, 2.05) is 27.7 Å². The van der Waals surface area contributed by atoms with E-state index in [1.54, 1.807) is 0 Å². The van der Waals surface area contributed by atoms with Gasteiger partial charge in [-0.1, -0.05) is 52.0 Å². The van der Waals surface area contributed by atoms with Crippen molar-refractivity contribution in [1.82, 2.24) is 19.9 Å². The molecule has 0 fully saturated rings. The van der Waals surface area contributed by atoms with E-state index in [4.69, 9.17) is 20.4 Å². The first-order valence-corrected chi connectivity index (χ1v) is 25.8. The van der Waals surface area contributed by atoms with Gasteiger partial charge in [0.1, 0.15) is 11.6 Å². The van der Waals surface area contributed by atoms with E-state index in [1.165, 1.54) is 86.9 Å². The number of sulfonamides is 2. The maximum absolute atomic E-state index is 13.5. The van der Waals surface area contributed by atoms with Crippen molar-refractivity contribution in [2.45, 2.75) is 89.6 Å². The van der Waals surface area contributed by atoms with Crippen LogP contribution in [0.3, 0.4) is 0 Å².